The molecule has 0 bridgehead atoms. The van der Waals surface area contributed by atoms with E-state index >= 15 is 0 Å². The number of benzene rings is 1. The summed E-state index contributed by atoms with van der Waals surface area (Å²) in [7, 11) is 1.43. The number of ether oxygens (including phenoxy) is 2. The highest BCUT2D eigenvalue weighted by atomic mass is 35.5. The third-order valence-corrected chi connectivity index (χ3v) is 7.80. The summed E-state index contributed by atoms with van der Waals surface area (Å²) in [6.07, 6.45) is 3.55. The van der Waals surface area contributed by atoms with E-state index in [0.29, 0.717) is 6.54 Å². The Balaban J connectivity index is 1.55. The van der Waals surface area contributed by atoms with Crippen LogP contribution in [0.3, 0.4) is 0 Å². The maximum atomic E-state index is 13.7. The summed E-state index contributed by atoms with van der Waals surface area (Å²) in [4.78, 5) is 20.7. The molecule has 3 aromatic heterocycles. The average molecular weight is 558 g/mol. The normalized spacial score (nSPS) is 14.3. The molecule has 4 aromatic rings. The number of aromatic nitrogens is 4. The van der Waals surface area contributed by atoms with Gasteiger partial charge in [0.25, 0.3) is 5.56 Å². The topological polar surface area (TPSA) is 94.6 Å². The first-order valence-corrected chi connectivity index (χ1v) is 13.2. The fraction of sp³-hybridized carbons (Fsp3) is 0.370. The van der Waals surface area contributed by atoms with Crippen molar-refractivity contribution in [3.63, 3.8) is 0 Å². The fourth-order valence-electron chi connectivity index (χ4n) is 4.88. The highest BCUT2D eigenvalue weighted by Gasteiger charge is 2.22. The van der Waals surface area contributed by atoms with Crippen LogP contribution >= 0.6 is 23.2 Å². The number of pyridine rings is 2. The number of hydrogen-bond acceptors (Lipinski definition) is 7. The molecule has 4 heterocycles. The summed E-state index contributed by atoms with van der Waals surface area (Å²) in [6, 6.07) is 4.93. The lowest BCUT2D eigenvalue weighted by atomic mass is 10.0. The predicted octanol–water partition coefficient (Wildman–Crippen LogP) is 4.61. The summed E-state index contributed by atoms with van der Waals surface area (Å²) < 4.78 is 14.3. The van der Waals surface area contributed by atoms with Gasteiger partial charge in [0.05, 0.1) is 59.9 Å². The Morgan fingerprint density at radius 2 is 1.84 bits per heavy atom. The number of phenolic OH excluding ortho intramolecular Hbond substituents is 1. The van der Waals surface area contributed by atoms with Gasteiger partial charge in [-0.25, -0.2) is 0 Å². The SMILES string of the molecule is CCn1c(=O)c(-c2c(Cl)c(O)cc(OC)c2Cl)cc2cnc(-c3cnn(CCN4CCOCC4)c3C)cc21. The zero-order chi connectivity index (χ0) is 27.0. The van der Waals surface area contributed by atoms with Gasteiger partial charge in [-0.3, -0.25) is 19.4 Å². The Morgan fingerprint density at radius 1 is 1.08 bits per heavy atom. The molecule has 5 rings (SSSR count). The van der Waals surface area contributed by atoms with E-state index in [-0.39, 0.29) is 38.2 Å². The first-order valence-electron chi connectivity index (χ1n) is 12.5. The van der Waals surface area contributed by atoms with Crippen molar-refractivity contribution in [1.29, 1.82) is 0 Å². The quantitative estimate of drug-likeness (QED) is 0.354. The molecule has 0 radical (unpaired) electrons. The van der Waals surface area contributed by atoms with Gasteiger partial charge in [0, 0.05) is 60.6 Å². The van der Waals surface area contributed by atoms with E-state index < -0.39 is 0 Å². The van der Waals surface area contributed by atoms with E-state index in [4.69, 9.17) is 37.7 Å². The Morgan fingerprint density at radius 3 is 2.55 bits per heavy atom. The molecule has 200 valence electrons. The van der Waals surface area contributed by atoms with Crippen molar-refractivity contribution in [2.45, 2.75) is 26.9 Å². The third kappa shape index (κ3) is 4.75. The van der Waals surface area contributed by atoms with Crippen LogP contribution in [0.1, 0.15) is 12.6 Å². The molecule has 38 heavy (non-hydrogen) atoms. The number of rotatable bonds is 7. The number of aromatic hydroxyl groups is 1. The smallest absolute Gasteiger partial charge is 0.259 e. The van der Waals surface area contributed by atoms with Crippen molar-refractivity contribution >= 4 is 34.1 Å². The number of methoxy groups -OCH3 is 1. The van der Waals surface area contributed by atoms with Gasteiger partial charge in [-0.05, 0) is 26.0 Å². The average Bonchev–Trinajstić information content (AvgIpc) is 3.30. The van der Waals surface area contributed by atoms with E-state index in [1.807, 2.05) is 30.8 Å². The minimum atomic E-state index is -0.286. The van der Waals surface area contributed by atoms with Crippen LogP contribution in [-0.4, -0.2) is 69.3 Å². The zero-order valence-electron chi connectivity index (χ0n) is 21.5. The number of morpholine rings is 1. The van der Waals surface area contributed by atoms with Crippen LogP contribution in [0.4, 0.5) is 0 Å². The number of aryl methyl sites for hydroxylation is 1. The minimum absolute atomic E-state index is 0.0143. The summed E-state index contributed by atoms with van der Waals surface area (Å²) in [5.41, 5.74) is 3.58. The maximum Gasteiger partial charge on any atom is 0.259 e. The molecule has 0 amide bonds. The summed E-state index contributed by atoms with van der Waals surface area (Å²) in [5.74, 6) is 0.000680. The predicted molar refractivity (Wildman–Crippen MR) is 149 cm³/mol. The lowest BCUT2D eigenvalue weighted by Crippen LogP contribution is -2.38. The summed E-state index contributed by atoms with van der Waals surface area (Å²) >= 11 is 12.9. The summed E-state index contributed by atoms with van der Waals surface area (Å²) in [5, 5.41) is 15.8. The van der Waals surface area contributed by atoms with Gasteiger partial charge in [0.1, 0.15) is 11.5 Å². The standard InChI is InChI=1S/C27H29Cl2N5O4/c1-4-33-21-12-20(19-15-31-34(16(19)2)6-5-32-7-9-38-10-8-32)30-14-17(21)11-18(27(33)36)24-25(28)22(35)13-23(37-3)26(24)29/h11-15,35H,4-10H2,1-3H3. The van der Waals surface area contributed by atoms with Crippen molar-refractivity contribution in [3.8, 4) is 33.9 Å². The first kappa shape index (κ1) is 26.5. The monoisotopic (exact) mass is 557 g/mol. The van der Waals surface area contributed by atoms with E-state index in [1.165, 1.54) is 13.2 Å². The highest BCUT2D eigenvalue weighted by Crippen LogP contribution is 2.45. The van der Waals surface area contributed by atoms with Gasteiger partial charge in [0.2, 0.25) is 0 Å². The van der Waals surface area contributed by atoms with E-state index in [1.54, 1.807) is 16.8 Å². The lowest BCUT2D eigenvalue weighted by Gasteiger charge is -2.26. The molecule has 1 N–H and O–H groups in total. The van der Waals surface area contributed by atoms with E-state index in [0.717, 1.165) is 67.2 Å². The van der Waals surface area contributed by atoms with Crippen LogP contribution < -0.4 is 10.3 Å². The largest absolute Gasteiger partial charge is 0.506 e. The van der Waals surface area contributed by atoms with Crippen LogP contribution in [0.25, 0.3) is 33.3 Å². The molecule has 11 heteroatoms. The first-order chi connectivity index (χ1) is 18.3. The van der Waals surface area contributed by atoms with Gasteiger partial charge < -0.3 is 19.1 Å². The fourth-order valence-corrected chi connectivity index (χ4v) is 5.51. The number of fused-ring (bicyclic) bond motifs is 1. The van der Waals surface area contributed by atoms with Crippen LogP contribution in [0.15, 0.2) is 35.4 Å². The Labute approximate surface area is 230 Å². The number of hydrogen-bond donors (Lipinski definition) is 1. The van der Waals surface area contributed by atoms with Gasteiger partial charge in [-0.2, -0.15) is 5.10 Å². The van der Waals surface area contributed by atoms with Gasteiger partial charge in [0.15, 0.2) is 0 Å². The molecule has 0 atom stereocenters. The van der Waals surface area contributed by atoms with Crippen molar-refractivity contribution in [2.24, 2.45) is 0 Å². The van der Waals surface area contributed by atoms with Crippen molar-refractivity contribution < 1.29 is 14.6 Å². The second-order valence-electron chi connectivity index (χ2n) is 9.16. The molecular weight excluding hydrogens is 529 g/mol. The van der Waals surface area contributed by atoms with Gasteiger partial charge >= 0.3 is 0 Å². The van der Waals surface area contributed by atoms with E-state index in [2.05, 4.69) is 10.00 Å². The molecule has 9 nitrogen and oxygen atoms in total. The Bertz CT molecular complexity index is 1560. The molecule has 1 aromatic carbocycles. The van der Waals surface area contributed by atoms with Crippen LogP contribution in [-0.2, 0) is 17.8 Å². The lowest BCUT2D eigenvalue weighted by molar-refractivity contribution is 0.0359. The van der Waals surface area contributed by atoms with Gasteiger partial charge in [-0.1, -0.05) is 23.2 Å². The molecule has 0 aliphatic carbocycles. The molecule has 1 aliphatic heterocycles. The number of halogens is 2. The molecule has 0 unspecified atom stereocenters. The molecular formula is C27H29Cl2N5O4. The molecule has 1 fully saturated rings. The molecule has 1 saturated heterocycles. The summed E-state index contributed by atoms with van der Waals surface area (Å²) in [6.45, 7) is 9.41. The molecule has 1 aliphatic rings. The second-order valence-corrected chi connectivity index (χ2v) is 9.91. The maximum absolute atomic E-state index is 13.7. The van der Waals surface area contributed by atoms with Crippen LogP contribution in [0.5, 0.6) is 11.5 Å². The Hall–Kier alpha value is -3.11. The van der Waals surface area contributed by atoms with Crippen molar-refractivity contribution in [2.75, 3.05) is 40.0 Å². The Kier molecular flexibility index (Phi) is 7.63. The van der Waals surface area contributed by atoms with Crippen molar-refractivity contribution in [3.05, 3.63) is 56.7 Å². The van der Waals surface area contributed by atoms with Crippen LogP contribution in [0.2, 0.25) is 10.0 Å². The third-order valence-electron chi connectivity index (χ3n) is 7.04. The highest BCUT2D eigenvalue weighted by molar-refractivity contribution is 6.41. The van der Waals surface area contributed by atoms with E-state index in [9.17, 15) is 9.90 Å². The van der Waals surface area contributed by atoms with Crippen molar-refractivity contribution in [1.82, 2.24) is 24.2 Å². The molecule has 0 saturated carbocycles. The number of phenols is 1. The second kappa shape index (κ2) is 10.9. The minimum Gasteiger partial charge on any atom is -0.506 e. The zero-order valence-corrected chi connectivity index (χ0v) is 23.0. The number of nitrogens with zero attached hydrogens (tertiary/aromatic N) is 5. The van der Waals surface area contributed by atoms with Crippen LogP contribution in [0, 0.1) is 6.92 Å². The van der Waals surface area contributed by atoms with Gasteiger partial charge in [-0.15, -0.1) is 0 Å². The molecule has 0 spiro atoms.